The topological polar surface area (TPSA) is 17.1 Å². The molecule has 0 aromatic heterocycles. The van der Waals surface area contributed by atoms with Crippen LogP contribution in [0, 0.1) is 17.8 Å². The first-order valence-electron chi connectivity index (χ1n) is 7.70. The molecule has 0 amide bonds. The third kappa shape index (κ3) is 3.68. The molecule has 1 nitrogen and oxygen atoms in total. The first-order valence-corrected chi connectivity index (χ1v) is 7.70. The van der Waals surface area contributed by atoms with E-state index in [0.29, 0.717) is 11.7 Å². The predicted octanol–water partition coefficient (Wildman–Crippen LogP) is 4.43. The Balaban J connectivity index is 2.01. The number of aryl methyl sites for hydroxylation is 1. The third-order valence-electron chi connectivity index (χ3n) is 4.66. The number of hydrogen-bond acceptors (Lipinski definition) is 1. The summed E-state index contributed by atoms with van der Waals surface area (Å²) in [5.41, 5.74) is 2.69. The second kappa shape index (κ2) is 6.36. The minimum atomic E-state index is 0.258. The van der Waals surface area contributed by atoms with Crippen LogP contribution >= 0.6 is 0 Å². The minimum absolute atomic E-state index is 0.258. The maximum atomic E-state index is 12.1. The van der Waals surface area contributed by atoms with Crippen LogP contribution < -0.4 is 0 Å². The average Bonchev–Trinajstić information content (AvgIpc) is 2.42. The molecule has 1 heteroatoms. The Morgan fingerprint density at radius 1 is 1.16 bits per heavy atom. The smallest absolute Gasteiger partial charge is 0.136 e. The monoisotopic (exact) mass is 258 g/mol. The Hall–Kier alpha value is -1.11. The molecule has 0 radical (unpaired) electrons. The van der Waals surface area contributed by atoms with Gasteiger partial charge in [-0.3, -0.25) is 4.79 Å². The SMILES string of the molecule is CCc1ccc(CC2CC(C(C)C)CCC2=O)cc1. The summed E-state index contributed by atoms with van der Waals surface area (Å²) in [4.78, 5) is 12.1. The van der Waals surface area contributed by atoms with E-state index in [2.05, 4.69) is 45.0 Å². The quantitative estimate of drug-likeness (QED) is 0.780. The van der Waals surface area contributed by atoms with E-state index in [1.54, 1.807) is 0 Å². The largest absolute Gasteiger partial charge is 0.299 e. The number of benzene rings is 1. The molecule has 2 rings (SSSR count). The van der Waals surface area contributed by atoms with Gasteiger partial charge in [0, 0.05) is 12.3 Å². The molecule has 1 aromatic rings. The van der Waals surface area contributed by atoms with Crippen LogP contribution in [0.3, 0.4) is 0 Å². The summed E-state index contributed by atoms with van der Waals surface area (Å²) >= 11 is 0. The van der Waals surface area contributed by atoms with E-state index in [4.69, 9.17) is 0 Å². The van der Waals surface area contributed by atoms with Gasteiger partial charge in [-0.25, -0.2) is 0 Å². The number of ketones is 1. The molecule has 0 bridgehead atoms. The molecular weight excluding hydrogens is 232 g/mol. The van der Waals surface area contributed by atoms with Crippen molar-refractivity contribution in [2.24, 2.45) is 17.8 Å². The molecule has 2 atom stereocenters. The molecule has 1 saturated carbocycles. The lowest BCUT2D eigenvalue weighted by Gasteiger charge is -2.30. The summed E-state index contributed by atoms with van der Waals surface area (Å²) in [5.74, 6) is 2.18. The molecular formula is C18H26O. The molecule has 104 valence electrons. The lowest BCUT2D eigenvalue weighted by Crippen LogP contribution is -2.28. The number of rotatable bonds is 4. The maximum absolute atomic E-state index is 12.1. The van der Waals surface area contributed by atoms with E-state index in [-0.39, 0.29) is 5.92 Å². The van der Waals surface area contributed by atoms with Gasteiger partial charge in [-0.05, 0) is 48.6 Å². The van der Waals surface area contributed by atoms with Gasteiger partial charge in [-0.15, -0.1) is 0 Å². The Morgan fingerprint density at radius 3 is 2.37 bits per heavy atom. The van der Waals surface area contributed by atoms with Crippen LogP contribution in [0.4, 0.5) is 0 Å². The zero-order valence-corrected chi connectivity index (χ0v) is 12.5. The first kappa shape index (κ1) is 14.3. The van der Waals surface area contributed by atoms with Crippen molar-refractivity contribution in [3.05, 3.63) is 35.4 Å². The molecule has 2 unspecified atom stereocenters. The number of Topliss-reactive ketones (excluding diaryl/α,β-unsaturated/α-hetero) is 1. The van der Waals surface area contributed by atoms with Gasteiger partial charge in [0.1, 0.15) is 5.78 Å². The molecule has 1 aromatic carbocycles. The van der Waals surface area contributed by atoms with Crippen LogP contribution in [-0.2, 0) is 17.6 Å². The summed E-state index contributed by atoms with van der Waals surface area (Å²) in [7, 11) is 0. The van der Waals surface area contributed by atoms with Crippen LogP contribution in [-0.4, -0.2) is 5.78 Å². The number of carbonyl (C=O) groups is 1. The number of carbonyl (C=O) groups excluding carboxylic acids is 1. The second-order valence-corrected chi connectivity index (χ2v) is 6.32. The fourth-order valence-corrected chi connectivity index (χ4v) is 3.14. The Morgan fingerprint density at radius 2 is 1.79 bits per heavy atom. The van der Waals surface area contributed by atoms with Crippen LogP contribution in [0.25, 0.3) is 0 Å². The van der Waals surface area contributed by atoms with E-state index in [9.17, 15) is 4.79 Å². The standard InChI is InChI=1S/C18H26O/c1-4-14-5-7-15(8-6-14)11-17-12-16(13(2)3)9-10-18(17)19/h5-8,13,16-17H,4,9-12H2,1-3H3. The first-order chi connectivity index (χ1) is 9.10. The fourth-order valence-electron chi connectivity index (χ4n) is 3.14. The van der Waals surface area contributed by atoms with E-state index in [0.717, 1.165) is 38.0 Å². The van der Waals surface area contributed by atoms with Gasteiger partial charge in [0.2, 0.25) is 0 Å². The lowest BCUT2D eigenvalue weighted by atomic mass is 9.73. The van der Waals surface area contributed by atoms with Gasteiger partial charge in [-0.2, -0.15) is 0 Å². The van der Waals surface area contributed by atoms with Crippen LogP contribution in [0.15, 0.2) is 24.3 Å². The summed E-state index contributed by atoms with van der Waals surface area (Å²) < 4.78 is 0. The predicted molar refractivity (Wildman–Crippen MR) is 80.2 cm³/mol. The van der Waals surface area contributed by atoms with Gasteiger partial charge in [0.25, 0.3) is 0 Å². The Bertz CT molecular complexity index is 416. The molecule has 1 fully saturated rings. The van der Waals surface area contributed by atoms with Gasteiger partial charge < -0.3 is 0 Å². The highest BCUT2D eigenvalue weighted by Crippen LogP contribution is 2.33. The van der Waals surface area contributed by atoms with Crippen molar-refractivity contribution in [3.8, 4) is 0 Å². The minimum Gasteiger partial charge on any atom is -0.299 e. The van der Waals surface area contributed by atoms with Crippen molar-refractivity contribution in [1.82, 2.24) is 0 Å². The van der Waals surface area contributed by atoms with Crippen molar-refractivity contribution < 1.29 is 4.79 Å². The molecule has 0 saturated heterocycles. The van der Waals surface area contributed by atoms with E-state index < -0.39 is 0 Å². The van der Waals surface area contributed by atoms with Crippen LogP contribution in [0.1, 0.15) is 51.2 Å². The molecule has 0 N–H and O–H groups in total. The zero-order chi connectivity index (χ0) is 13.8. The molecule has 1 aliphatic carbocycles. The third-order valence-corrected chi connectivity index (χ3v) is 4.66. The zero-order valence-electron chi connectivity index (χ0n) is 12.5. The summed E-state index contributed by atoms with van der Waals surface area (Å²) in [6, 6.07) is 8.79. The fraction of sp³-hybridized carbons (Fsp3) is 0.611. The van der Waals surface area contributed by atoms with E-state index >= 15 is 0 Å². The molecule has 0 spiro atoms. The van der Waals surface area contributed by atoms with Gasteiger partial charge in [0.15, 0.2) is 0 Å². The number of hydrogen-bond donors (Lipinski definition) is 0. The summed E-state index contributed by atoms with van der Waals surface area (Å²) in [6.45, 7) is 6.74. The van der Waals surface area contributed by atoms with Crippen molar-refractivity contribution in [3.63, 3.8) is 0 Å². The maximum Gasteiger partial charge on any atom is 0.136 e. The molecule has 19 heavy (non-hydrogen) atoms. The van der Waals surface area contributed by atoms with Gasteiger partial charge in [-0.1, -0.05) is 45.0 Å². The molecule has 0 aliphatic heterocycles. The highest BCUT2D eigenvalue weighted by molar-refractivity contribution is 5.82. The van der Waals surface area contributed by atoms with Crippen molar-refractivity contribution >= 4 is 5.78 Å². The Labute approximate surface area is 117 Å². The summed E-state index contributed by atoms with van der Waals surface area (Å²) in [6.07, 6.45) is 5.00. The van der Waals surface area contributed by atoms with Gasteiger partial charge >= 0.3 is 0 Å². The van der Waals surface area contributed by atoms with Crippen molar-refractivity contribution in [2.45, 2.75) is 52.9 Å². The highest BCUT2D eigenvalue weighted by atomic mass is 16.1. The second-order valence-electron chi connectivity index (χ2n) is 6.32. The average molecular weight is 258 g/mol. The van der Waals surface area contributed by atoms with Crippen molar-refractivity contribution in [2.75, 3.05) is 0 Å². The highest BCUT2D eigenvalue weighted by Gasteiger charge is 2.30. The summed E-state index contributed by atoms with van der Waals surface area (Å²) in [5, 5.41) is 0. The van der Waals surface area contributed by atoms with Crippen LogP contribution in [0.5, 0.6) is 0 Å². The van der Waals surface area contributed by atoms with Crippen molar-refractivity contribution in [1.29, 1.82) is 0 Å². The van der Waals surface area contributed by atoms with Crippen LogP contribution in [0.2, 0.25) is 0 Å². The lowest BCUT2D eigenvalue weighted by molar-refractivity contribution is -0.125. The molecule has 0 heterocycles. The Kier molecular flexibility index (Phi) is 4.79. The van der Waals surface area contributed by atoms with E-state index in [1.807, 2.05) is 0 Å². The molecule has 1 aliphatic rings. The van der Waals surface area contributed by atoms with E-state index in [1.165, 1.54) is 11.1 Å². The van der Waals surface area contributed by atoms with Gasteiger partial charge in [0.05, 0.1) is 0 Å². The normalized spacial score (nSPS) is 23.9.